The number of para-hydroxylation sites is 1. The van der Waals surface area contributed by atoms with Crippen molar-refractivity contribution in [3.8, 4) is 24.3 Å². The fraction of sp³-hybridized carbons (Fsp3) is 0. The van der Waals surface area contributed by atoms with Gasteiger partial charge in [0.1, 0.15) is 24.3 Å². The van der Waals surface area contributed by atoms with Gasteiger partial charge in [-0.15, -0.1) is 0 Å². The number of hydrogen-bond acceptors (Lipinski definition) is 5. The highest BCUT2D eigenvalue weighted by Gasteiger charge is 2.01. The molecule has 2 N–H and O–H groups in total. The maximum atomic E-state index is 8.13. The number of hydrogen-bond donors (Lipinski definition) is 1. The lowest BCUT2D eigenvalue weighted by molar-refractivity contribution is 1.41. The van der Waals surface area contributed by atoms with Gasteiger partial charge in [-0.05, 0) is 12.1 Å². The summed E-state index contributed by atoms with van der Waals surface area (Å²) in [7, 11) is 0. The van der Waals surface area contributed by atoms with E-state index >= 15 is 0 Å². The first-order valence-corrected chi connectivity index (χ1v) is 4.34. The maximum Gasteiger partial charge on any atom is 0.158 e. The van der Waals surface area contributed by atoms with E-state index in [9.17, 15) is 0 Å². The maximum absolute atomic E-state index is 8.13. The van der Waals surface area contributed by atoms with Crippen LogP contribution in [0, 0.1) is 45.3 Å². The molecule has 80 valence electrons. The molecule has 1 aromatic rings. The number of rotatable bonds is 0. The second kappa shape index (κ2) is 8.06. The van der Waals surface area contributed by atoms with Crippen molar-refractivity contribution >= 4 is 5.69 Å². The van der Waals surface area contributed by atoms with Crippen LogP contribution in [-0.4, -0.2) is 0 Å². The van der Waals surface area contributed by atoms with Crippen molar-refractivity contribution in [1.29, 1.82) is 21.0 Å². The Hall–Kier alpha value is -3.28. The van der Waals surface area contributed by atoms with Gasteiger partial charge in [0, 0.05) is 5.69 Å². The number of nitrogen functional groups attached to an aromatic ring is 1. The number of nitriles is 4. The molecule has 0 aliphatic heterocycles. The molecule has 0 fully saturated rings. The van der Waals surface area contributed by atoms with Crippen LogP contribution in [-0.2, 0) is 0 Å². The summed E-state index contributed by atoms with van der Waals surface area (Å²) in [6, 6.07) is 15.2. The molecule has 0 heterocycles. The first kappa shape index (κ1) is 13.7. The van der Waals surface area contributed by atoms with Crippen LogP contribution < -0.4 is 5.73 Å². The van der Waals surface area contributed by atoms with E-state index in [2.05, 4.69) is 0 Å². The Kier molecular flexibility index (Phi) is 6.51. The number of anilines is 1. The number of nitrogens with zero attached hydrogens (tertiary/aromatic N) is 4. The molecule has 0 aliphatic carbocycles. The molecule has 0 bridgehead atoms. The molecule has 17 heavy (non-hydrogen) atoms. The highest BCUT2D eigenvalue weighted by molar-refractivity contribution is 5.52. The summed E-state index contributed by atoms with van der Waals surface area (Å²) >= 11 is 0. The monoisotopic (exact) mass is 221 g/mol. The molecule has 0 aliphatic rings. The van der Waals surface area contributed by atoms with Gasteiger partial charge in [0.25, 0.3) is 0 Å². The number of benzene rings is 1. The van der Waals surface area contributed by atoms with Gasteiger partial charge in [-0.25, -0.2) is 0 Å². The fourth-order valence-electron chi connectivity index (χ4n) is 0.727. The van der Waals surface area contributed by atoms with E-state index in [4.69, 9.17) is 26.8 Å². The SMILES string of the molecule is N#CC(C#N)=C(C#N)C#N.Nc1ccccc1. The molecule has 1 aromatic carbocycles. The van der Waals surface area contributed by atoms with E-state index in [1.165, 1.54) is 24.3 Å². The molecule has 0 aromatic heterocycles. The third kappa shape index (κ3) is 5.23. The minimum absolute atomic E-state index is 0.440. The summed E-state index contributed by atoms with van der Waals surface area (Å²) in [5, 5.41) is 32.5. The zero-order valence-corrected chi connectivity index (χ0v) is 8.75. The van der Waals surface area contributed by atoms with E-state index in [1.54, 1.807) is 0 Å². The third-order valence-corrected chi connectivity index (χ3v) is 1.50. The van der Waals surface area contributed by atoms with Crippen LogP contribution in [0.5, 0.6) is 0 Å². The summed E-state index contributed by atoms with van der Waals surface area (Å²) in [5.74, 6) is 0. The van der Waals surface area contributed by atoms with Crippen molar-refractivity contribution in [1.82, 2.24) is 0 Å². The lowest BCUT2D eigenvalue weighted by Gasteiger charge is -1.83. The Labute approximate surface area is 98.8 Å². The molecule has 0 unspecified atom stereocenters. The summed E-state index contributed by atoms with van der Waals surface area (Å²) in [5.41, 5.74) is 5.30. The molecule has 0 amide bonds. The number of nitrogens with two attached hydrogens (primary N) is 1. The van der Waals surface area contributed by atoms with Crippen LogP contribution >= 0.6 is 0 Å². The van der Waals surface area contributed by atoms with Gasteiger partial charge in [0.05, 0.1) is 0 Å². The minimum Gasteiger partial charge on any atom is -0.399 e. The van der Waals surface area contributed by atoms with Gasteiger partial charge in [-0.2, -0.15) is 21.0 Å². The normalized spacial score (nSPS) is 6.82. The van der Waals surface area contributed by atoms with Gasteiger partial charge >= 0.3 is 0 Å². The molecule has 0 saturated heterocycles. The average molecular weight is 221 g/mol. The molecule has 0 atom stereocenters. The summed E-state index contributed by atoms with van der Waals surface area (Å²) in [6.45, 7) is 0. The minimum atomic E-state index is -0.440. The first-order valence-electron chi connectivity index (χ1n) is 4.34. The fourth-order valence-corrected chi connectivity index (χ4v) is 0.727. The third-order valence-electron chi connectivity index (χ3n) is 1.50. The standard InChI is InChI=1S/C6N4.C6H7N/c7-1-5(2-8)6(3-9)4-10;7-6-4-2-1-3-5-6/h;1-5H,7H2. The molecule has 0 spiro atoms. The molecule has 0 radical (unpaired) electrons. The lowest BCUT2D eigenvalue weighted by Crippen LogP contribution is -1.79. The summed E-state index contributed by atoms with van der Waals surface area (Å²) in [6.07, 6.45) is 0. The van der Waals surface area contributed by atoms with E-state index in [0.717, 1.165) is 5.69 Å². The van der Waals surface area contributed by atoms with Crippen molar-refractivity contribution < 1.29 is 0 Å². The van der Waals surface area contributed by atoms with E-state index in [0.29, 0.717) is 0 Å². The van der Waals surface area contributed by atoms with Crippen molar-refractivity contribution in [2.75, 3.05) is 5.73 Å². The zero-order chi connectivity index (χ0) is 13.1. The van der Waals surface area contributed by atoms with Crippen LogP contribution in [0.1, 0.15) is 0 Å². The molecular weight excluding hydrogens is 214 g/mol. The zero-order valence-electron chi connectivity index (χ0n) is 8.75. The highest BCUT2D eigenvalue weighted by Crippen LogP contribution is 1.98. The van der Waals surface area contributed by atoms with Crippen molar-refractivity contribution in [2.24, 2.45) is 0 Å². The molecular formula is C12H7N5. The Morgan fingerprint density at radius 1 is 0.765 bits per heavy atom. The Morgan fingerprint density at radius 3 is 1.29 bits per heavy atom. The molecule has 1 rings (SSSR count). The molecule has 5 nitrogen and oxygen atoms in total. The quantitative estimate of drug-likeness (QED) is 0.527. The second-order valence-electron chi connectivity index (χ2n) is 2.61. The average Bonchev–Trinajstić information content (AvgIpc) is 2.37. The predicted octanol–water partition coefficient (Wildman–Crippen LogP) is 1.65. The van der Waals surface area contributed by atoms with E-state index in [1.807, 2.05) is 30.3 Å². The van der Waals surface area contributed by atoms with Crippen LogP contribution in [0.4, 0.5) is 5.69 Å². The Morgan fingerprint density at radius 2 is 1.12 bits per heavy atom. The lowest BCUT2D eigenvalue weighted by atomic mass is 10.2. The van der Waals surface area contributed by atoms with Crippen LogP contribution in [0.3, 0.4) is 0 Å². The largest absolute Gasteiger partial charge is 0.399 e. The highest BCUT2D eigenvalue weighted by atomic mass is 14.5. The topological polar surface area (TPSA) is 121 Å². The Bertz CT molecular complexity index is 492. The molecule has 0 saturated carbocycles. The number of allylic oxidation sites excluding steroid dienone is 2. The molecule has 5 heteroatoms. The Balaban J connectivity index is 0.000000318. The van der Waals surface area contributed by atoms with Crippen LogP contribution in [0.2, 0.25) is 0 Å². The van der Waals surface area contributed by atoms with Crippen LogP contribution in [0.15, 0.2) is 41.5 Å². The van der Waals surface area contributed by atoms with Crippen LogP contribution in [0.25, 0.3) is 0 Å². The van der Waals surface area contributed by atoms with Gasteiger partial charge in [-0.1, -0.05) is 18.2 Å². The van der Waals surface area contributed by atoms with Gasteiger partial charge in [0.2, 0.25) is 0 Å². The van der Waals surface area contributed by atoms with Gasteiger partial charge in [-0.3, -0.25) is 0 Å². The summed E-state index contributed by atoms with van der Waals surface area (Å²) in [4.78, 5) is 0. The van der Waals surface area contributed by atoms with Crippen molar-refractivity contribution in [3.05, 3.63) is 41.5 Å². The smallest absolute Gasteiger partial charge is 0.158 e. The first-order chi connectivity index (χ1) is 8.19. The van der Waals surface area contributed by atoms with E-state index < -0.39 is 11.1 Å². The van der Waals surface area contributed by atoms with Crippen molar-refractivity contribution in [3.63, 3.8) is 0 Å². The van der Waals surface area contributed by atoms with Gasteiger partial charge < -0.3 is 5.73 Å². The summed E-state index contributed by atoms with van der Waals surface area (Å²) < 4.78 is 0. The van der Waals surface area contributed by atoms with E-state index in [-0.39, 0.29) is 0 Å². The van der Waals surface area contributed by atoms with Crippen molar-refractivity contribution in [2.45, 2.75) is 0 Å². The second-order valence-corrected chi connectivity index (χ2v) is 2.61. The predicted molar refractivity (Wildman–Crippen MR) is 60.3 cm³/mol. The van der Waals surface area contributed by atoms with Gasteiger partial charge in [0.15, 0.2) is 11.1 Å².